The third-order valence-electron chi connectivity index (χ3n) is 6.10. The van der Waals surface area contributed by atoms with Gasteiger partial charge in [-0.25, -0.2) is 0 Å². The highest BCUT2D eigenvalue weighted by Gasteiger charge is 2.55. The average molecular weight is 342 g/mol. The Morgan fingerprint density at radius 3 is 2.64 bits per heavy atom. The molecule has 1 spiro atoms. The second kappa shape index (κ2) is 6.56. The van der Waals surface area contributed by atoms with Crippen LogP contribution in [0.3, 0.4) is 0 Å². The lowest BCUT2D eigenvalue weighted by atomic mass is 9.58. The number of methoxy groups -OCH3 is 1. The molecule has 0 unspecified atom stereocenters. The summed E-state index contributed by atoms with van der Waals surface area (Å²) in [5.74, 6) is 0.893. The molecule has 2 aromatic rings. The molecule has 25 heavy (non-hydrogen) atoms. The summed E-state index contributed by atoms with van der Waals surface area (Å²) in [7, 11) is 1.76. The van der Waals surface area contributed by atoms with Crippen molar-refractivity contribution in [3.63, 3.8) is 0 Å². The van der Waals surface area contributed by atoms with Crippen LogP contribution in [0.4, 0.5) is 0 Å². The van der Waals surface area contributed by atoms with E-state index in [1.54, 1.807) is 7.11 Å². The number of ether oxygens (including phenoxy) is 1. The fourth-order valence-electron chi connectivity index (χ4n) is 4.31. The van der Waals surface area contributed by atoms with Crippen LogP contribution in [0, 0.1) is 12.3 Å². The van der Waals surface area contributed by atoms with Crippen LogP contribution in [-0.2, 0) is 11.3 Å². The largest absolute Gasteiger partial charge is 0.392 e. The summed E-state index contributed by atoms with van der Waals surface area (Å²) < 4.78 is 11.1. The second-order valence-corrected chi connectivity index (χ2v) is 7.53. The van der Waals surface area contributed by atoms with Gasteiger partial charge in [-0.05, 0) is 32.9 Å². The molecule has 1 N–H and O–H groups in total. The lowest BCUT2D eigenvalue weighted by Gasteiger charge is -2.56. The maximum absolute atomic E-state index is 10.2. The van der Waals surface area contributed by atoms with Gasteiger partial charge in [0.25, 0.3) is 0 Å². The van der Waals surface area contributed by atoms with Crippen molar-refractivity contribution in [2.45, 2.75) is 44.9 Å². The van der Waals surface area contributed by atoms with E-state index in [0.29, 0.717) is 0 Å². The van der Waals surface area contributed by atoms with Gasteiger partial charge in [-0.15, -0.1) is 0 Å². The van der Waals surface area contributed by atoms with Gasteiger partial charge < -0.3 is 14.4 Å². The fourth-order valence-corrected chi connectivity index (χ4v) is 4.31. The van der Waals surface area contributed by atoms with Gasteiger partial charge in [-0.2, -0.15) is 0 Å². The van der Waals surface area contributed by atoms with Crippen molar-refractivity contribution in [1.82, 2.24) is 10.1 Å². The van der Waals surface area contributed by atoms with Crippen LogP contribution in [-0.4, -0.2) is 47.6 Å². The van der Waals surface area contributed by atoms with Crippen molar-refractivity contribution in [3.05, 3.63) is 41.7 Å². The Morgan fingerprint density at radius 1 is 1.28 bits per heavy atom. The van der Waals surface area contributed by atoms with Crippen molar-refractivity contribution >= 4 is 0 Å². The molecule has 2 aliphatic rings. The first kappa shape index (κ1) is 16.8. The number of likely N-dealkylation sites (tertiary alicyclic amines) is 1. The SMILES string of the molecule is CO[C@H]1C[C@@H](O)C12CCN(Cc1cc(-c3ccc(C)cc3)no1)CC2. The monoisotopic (exact) mass is 342 g/mol. The number of benzene rings is 1. The lowest BCUT2D eigenvalue weighted by molar-refractivity contribution is -0.202. The molecule has 1 aromatic carbocycles. The van der Waals surface area contributed by atoms with Gasteiger partial charge in [-0.3, -0.25) is 4.90 Å². The molecule has 2 fully saturated rings. The highest BCUT2D eigenvalue weighted by molar-refractivity contribution is 5.59. The van der Waals surface area contributed by atoms with Gasteiger partial charge in [0.15, 0.2) is 5.76 Å². The number of aliphatic hydroxyl groups excluding tert-OH is 1. The summed E-state index contributed by atoms with van der Waals surface area (Å²) in [6.45, 7) is 4.76. The Balaban J connectivity index is 1.37. The maximum atomic E-state index is 10.2. The minimum atomic E-state index is -0.210. The Morgan fingerprint density at radius 2 is 2.00 bits per heavy atom. The normalized spacial score (nSPS) is 25.9. The molecular weight excluding hydrogens is 316 g/mol. The molecule has 2 heterocycles. The number of hydrogen-bond acceptors (Lipinski definition) is 5. The predicted octanol–water partition coefficient (Wildman–Crippen LogP) is 3.01. The van der Waals surface area contributed by atoms with Gasteiger partial charge in [0, 0.05) is 30.6 Å². The molecule has 0 radical (unpaired) electrons. The Bertz CT molecular complexity index is 717. The number of nitrogens with zero attached hydrogens (tertiary/aromatic N) is 2. The fraction of sp³-hybridized carbons (Fsp3) is 0.550. The molecule has 134 valence electrons. The summed E-state index contributed by atoms with van der Waals surface area (Å²) in [6.07, 6.45) is 2.73. The van der Waals surface area contributed by atoms with E-state index >= 15 is 0 Å². The molecule has 1 saturated carbocycles. The molecule has 1 aliphatic carbocycles. The van der Waals surface area contributed by atoms with Crippen molar-refractivity contribution in [1.29, 1.82) is 0 Å². The lowest BCUT2D eigenvalue weighted by Crippen LogP contribution is -2.61. The minimum Gasteiger partial charge on any atom is -0.392 e. The van der Waals surface area contributed by atoms with Crippen LogP contribution < -0.4 is 0 Å². The van der Waals surface area contributed by atoms with Crippen LogP contribution in [0.1, 0.15) is 30.6 Å². The quantitative estimate of drug-likeness (QED) is 0.925. The molecule has 0 bridgehead atoms. The van der Waals surface area contributed by atoms with Crippen molar-refractivity contribution in [2.24, 2.45) is 5.41 Å². The minimum absolute atomic E-state index is 0.0281. The van der Waals surface area contributed by atoms with Crippen LogP contribution in [0.25, 0.3) is 11.3 Å². The number of aliphatic hydroxyl groups is 1. The number of piperidine rings is 1. The zero-order valence-corrected chi connectivity index (χ0v) is 14.9. The van der Waals surface area contributed by atoms with E-state index in [0.717, 1.165) is 55.9 Å². The second-order valence-electron chi connectivity index (χ2n) is 7.53. The maximum Gasteiger partial charge on any atom is 0.151 e. The highest BCUT2D eigenvalue weighted by atomic mass is 16.5. The molecule has 1 aliphatic heterocycles. The molecule has 2 atom stereocenters. The molecule has 5 heteroatoms. The standard InChI is InChI=1S/C20H26N2O3/c1-14-3-5-15(6-4-14)17-11-16(25-21-17)13-22-9-7-20(8-10-22)18(23)12-19(20)24-2/h3-6,11,18-19,23H,7-10,12-13H2,1-2H3/t18-,19+/m1/s1. The summed E-state index contributed by atoms with van der Waals surface area (Å²) in [4.78, 5) is 2.38. The Labute approximate surface area is 148 Å². The molecule has 0 amide bonds. The van der Waals surface area contributed by atoms with E-state index in [2.05, 4.69) is 41.2 Å². The molecular formula is C20H26N2O3. The smallest absolute Gasteiger partial charge is 0.151 e. The topological polar surface area (TPSA) is 58.7 Å². The van der Waals surface area contributed by atoms with Crippen LogP contribution in [0.15, 0.2) is 34.9 Å². The van der Waals surface area contributed by atoms with Gasteiger partial charge in [0.05, 0.1) is 18.8 Å². The summed E-state index contributed by atoms with van der Waals surface area (Å²) in [5.41, 5.74) is 3.18. The third-order valence-corrected chi connectivity index (χ3v) is 6.10. The van der Waals surface area contributed by atoms with E-state index in [1.165, 1.54) is 5.56 Å². The first-order valence-electron chi connectivity index (χ1n) is 9.06. The van der Waals surface area contributed by atoms with E-state index in [9.17, 15) is 5.11 Å². The highest BCUT2D eigenvalue weighted by Crippen LogP contribution is 2.50. The first-order chi connectivity index (χ1) is 12.1. The van der Waals surface area contributed by atoms with Crippen molar-refractivity contribution in [2.75, 3.05) is 20.2 Å². The van der Waals surface area contributed by atoms with Crippen LogP contribution in [0.5, 0.6) is 0 Å². The predicted molar refractivity (Wildman–Crippen MR) is 95.0 cm³/mol. The van der Waals surface area contributed by atoms with E-state index in [-0.39, 0.29) is 17.6 Å². The third kappa shape index (κ3) is 3.01. The van der Waals surface area contributed by atoms with Crippen molar-refractivity contribution < 1.29 is 14.4 Å². The molecule has 5 nitrogen and oxygen atoms in total. The van der Waals surface area contributed by atoms with E-state index in [1.807, 2.05) is 6.07 Å². The van der Waals surface area contributed by atoms with E-state index < -0.39 is 0 Å². The molecule has 1 aromatic heterocycles. The van der Waals surface area contributed by atoms with Crippen LogP contribution in [0.2, 0.25) is 0 Å². The van der Waals surface area contributed by atoms with Gasteiger partial charge >= 0.3 is 0 Å². The summed E-state index contributed by atoms with van der Waals surface area (Å²) in [6, 6.07) is 10.4. The number of aryl methyl sites for hydroxylation is 1. The average Bonchev–Trinajstić information content (AvgIpc) is 3.09. The first-order valence-corrected chi connectivity index (χ1v) is 9.06. The van der Waals surface area contributed by atoms with Gasteiger partial charge in [0.2, 0.25) is 0 Å². The van der Waals surface area contributed by atoms with Gasteiger partial charge in [0.1, 0.15) is 5.69 Å². The zero-order valence-electron chi connectivity index (χ0n) is 14.9. The van der Waals surface area contributed by atoms with Crippen LogP contribution >= 0.6 is 0 Å². The number of rotatable bonds is 4. The van der Waals surface area contributed by atoms with Gasteiger partial charge in [-0.1, -0.05) is 35.0 Å². The Kier molecular flexibility index (Phi) is 4.40. The summed E-state index contributed by atoms with van der Waals surface area (Å²) in [5, 5.41) is 14.4. The van der Waals surface area contributed by atoms with Crippen molar-refractivity contribution in [3.8, 4) is 11.3 Å². The zero-order chi connectivity index (χ0) is 17.4. The Hall–Kier alpha value is -1.69. The molecule has 1 saturated heterocycles. The number of hydrogen-bond donors (Lipinski definition) is 1. The van der Waals surface area contributed by atoms with E-state index in [4.69, 9.17) is 9.26 Å². The summed E-state index contributed by atoms with van der Waals surface area (Å²) >= 11 is 0. The molecule has 4 rings (SSSR count). The number of aromatic nitrogens is 1.